The Morgan fingerprint density at radius 3 is 2.42 bits per heavy atom. The number of nitrogens with zero attached hydrogens (tertiary/aromatic N) is 3. The zero-order valence-electron chi connectivity index (χ0n) is 18.0. The number of benzene rings is 1. The molecule has 6 heteroatoms. The summed E-state index contributed by atoms with van der Waals surface area (Å²) >= 11 is 0. The van der Waals surface area contributed by atoms with E-state index in [2.05, 4.69) is 16.0 Å². The van der Waals surface area contributed by atoms with Crippen LogP contribution in [0.3, 0.4) is 0 Å². The van der Waals surface area contributed by atoms with E-state index in [9.17, 15) is 9.18 Å². The molecule has 1 amide bonds. The maximum atomic E-state index is 14.8. The van der Waals surface area contributed by atoms with Gasteiger partial charge in [-0.1, -0.05) is 30.3 Å². The topological polar surface area (TPSA) is 55.3 Å². The van der Waals surface area contributed by atoms with Gasteiger partial charge in [-0.3, -0.25) is 9.88 Å². The van der Waals surface area contributed by atoms with Crippen molar-refractivity contribution in [1.82, 2.24) is 9.97 Å². The van der Waals surface area contributed by atoms with Crippen LogP contribution >= 0.6 is 0 Å². The van der Waals surface area contributed by atoms with Crippen molar-refractivity contribution in [3.8, 4) is 11.1 Å². The summed E-state index contributed by atoms with van der Waals surface area (Å²) in [6.45, 7) is 5.32. The van der Waals surface area contributed by atoms with Gasteiger partial charge in [-0.15, -0.1) is 0 Å². The third-order valence-electron chi connectivity index (χ3n) is 5.06. The van der Waals surface area contributed by atoms with Crippen LogP contribution < -0.4 is 4.90 Å². The third kappa shape index (κ3) is 4.48. The molecule has 3 aromatic rings. The molecule has 0 radical (unpaired) electrons. The minimum absolute atomic E-state index is 0.189. The minimum Gasteiger partial charge on any atom is -0.443 e. The molecular formula is C25H24FN3O2. The number of fused-ring (bicyclic) bond motifs is 1. The first-order valence-electron chi connectivity index (χ1n) is 10.1. The summed E-state index contributed by atoms with van der Waals surface area (Å²) in [5.41, 5.74) is 5.16. The lowest BCUT2D eigenvalue weighted by atomic mass is 10.00. The molecule has 1 aromatic carbocycles. The van der Waals surface area contributed by atoms with Crippen molar-refractivity contribution in [1.29, 1.82) is 0 Å². The Morgan fingerprint density at radius 2 is 1.77 bits per heavy atom. The first-order valence-corrected chi connectivity index (χ1v) is 10.1. The maximum absolute atomic E-state index is 14.8. The highest BCUT2D eigenvalue weighted by Crippen LogP contribution is 2.32. The third-order valence-corrected chi connectivity index (χ3v) is 5.06. The number of carbonyl (C=O) groups excluding carboxylic acids is 1. The summed E-state index contributed by atoms with van der Waals surface area (Å²) in [7, 11) is 1.51. The van der Waals surface area contributed by atoms with Gasteiger partial charge in [-0.25, -0.2) is 9.78 Å². The number of aromatic nitrogens is 2. The first-order chi connectivity index (χ1) is 14.7. The second-order valence-electron chi connectivity index (χ2n) is 8.55. The maximum Gasteiger partial charge on any atom is 0.415 e. The van der Waals surface area contributed by atoms with Gasteiger partial charge in [0.1, 0.15) is 11.4 Å². The predicted molar refractivity (Wildman–Crippen MR) is 120 cm³/mol. The Bertz CT molecular complexity index is 1160. The van der Waals surface area contributed by atoms with Gasteiger partial charge >= 0.3 is 6.09 Å². The normalized spacial score (nSPS) is 12.9. The van der Waals surface area contributed by atoms with Crippen molar-refractivity contribution < 1.29 is 13.9 Å². The fraction of sp³-hybridized carbons (Fsp3) is 0.240. The molecule has 31 heavy (non-hydrogen) atoms. The number of hydrogen-bond acceptors (Lipinski definition) is 4. The molecule has 0 bridgehead atoms. The second-order valence-corrected chi connectivity index (χ2v) is 8.55. The van der Waals surface area contributed by atoms with Crippen LogP contribution in [0.15, 0.2) is 54.9 Å². The standard InChI is InChI=1S/C25H24FN3O2/c1-25(2,3)31-24(30)29(4)22-10-9-21(23(26)28-22)17-7-5-16(6-8-17)19-13-18-11-12-27-15-20(18)14-19/h5-13,15H,14H2,1-4H3. The molecule has 4 rings (SSSR count). The first kappa shape index (κ1) is 20.7. The monoisotopic (exact) mass is 417 g/mol. The van der Waals surface area contributed by atoms with Crippen LogP contribution in [-0.2, 0) is 11.2 Å². The van der Waals surface area contributed by atoms with Gasteiger partial charge < -0.3 is 4.74 Å². The van der Waals surface area contributed by atoms with Crippen LogP contribution in [0.2, 0.25) is 0 Å². The van der Waals surface area contributed by atoms with Crippen molar-refractivity contribution in [3.63, 3.8) is 0 Å². The molecule has 0 unspecified atom stereocenters. The summed E-state index contributed by atoms with van der Waals surface area (Å²) in [5, 5.41) is 0. The molecule has 1 aliphatic carbocycles. The number of anilines is 1. The summed E-state index contributed by atoms with van der Waals surface area (Å²) in [6.07, 6.45) is 6.10. The quantitative estimate of drug-likeness (QED) is 0.509. The molecule has 0 spiro atoms. The smallest absolute Gasteiger partial charge is 0.415 e. The number of amides is 1. The summed E-state index contributed by atoms with van der Waals surface area (Å²) in [4.78, 5) is 21.5. The van der Waals surface area contributed by atoms with Gasteiger partial charge in [0.15, 0.2) is 0 Å². The van der Waals surface area contributed by atoms with E-state index in [0.29, 0.717) is 5.56 Å². The molecule has 0 atom stereocenters. The number of halogens is 1. The number of carbonyl (C=O) groups is 1. The Balaban J connectivity index is 1.52. The van der Waals surface area contributed by atoms with E-state index < -0.39 is 17.6 Å². The van der Waals surface area contributed by atoms with Gasteiger partial charge in [0.2, 0.25) is 5.95 Å². The molecule has 5 nitrogen and oxygen atoms in total. The lowest BCUT2D eigenvalue weighted by molar-refractivity contribution is 0.0588. The van der Waals surface area contributed by atoms with E-state index in [4.69, 9.17) is 4.74 Å². The number of allylic oxidation sites excluding steroid dienone is 1. The number of rotatable bonds is 3. The van der Waals surface area contributed by atoms with Gasteiger partial charge in [0.25, 0.3) is 0 Å². The second kappa shape index (κ2) is 7.95. The van der Waals surface area contributed by atoms with E-state index in [1.165, 1.54) is 28.6 Å². The zero-order chi connectivity index (χ0) is 22.2. The zero-order valence-corrected chi connectivity index (χ0v) is 18.0. The lowest BCUT2D eigenvalue weighted by Gasteiger charge is -2.24. The van der Waals surface area contributed by atoms with Crippen LogP contribution in [-0.4, -0.2) is 28.7 Å². The predicted octanol–water partition coefficient (Wildman–Crippen LogP) is 5.75. The SMILES string of the molecule is CN(C(=O)OC(C)(C)C)c1ccc(-c2ccc(C3=Cc4ccncc4C3)cc2)c(F)n1. The Labute approximate surface area is 181 Å². The molecule has 2 aromatic heterocycles. The fourth-order valence-corrected chi connectivity index (χ4v) is 3.47. The molecule has 0 N–H and O–H groups in total. The highest BCUT2D eigenvalue weighted by molar-refractivity contribution is 5.89. The van der Waals surface area contributed by atoms with Gasteiger partial charge in [-0.2, -0.15) is 4.39 Å². The van der Waals surface area contributed by atoms with Crippen LogP contribution in [0.4, 0.5) is 15.0 Å². The van der Waals surface area contributed by atoms with E-state index in [-0.39, 0.29) is 5.82 Å². The van der Waals surface area contributed by atoms with Crippen LogP contribution in [0.5, 0.6) is 0 Å². The molecule has 0 saturated heterocycles. The molecular weight excluding hydrogens is 393 g/mol. The van der Waals surface area contributed by atoms with Crippen LogP contribution in [0.25, 0.3) is 22.8 Å². The minimum atomic E-state index is -0.641. The van der Waals surface area contributed by atoms with E-state index in [1.54, 1.807) is 39.1 Å². The average molecular weight is 417 g/mol. The molecule has 0 aliphatic heterocycles. The van der Waals surface area contributed by atoms with Gasteiger partial charge in [0, 0.05) is 31.4 Å². The summed E-state index contributed by atoms with van der Waals surface area (Å²) < 4.78 is 20.1. The van der Waals surface area contributed by atoms with Crippen molar-refractivity contribution in [2.45, 2.75) is 32.8 Å². The van der Waals surface area contributed by atoms with Crippen molar-refractivity contribution in [2.75, 3.05) is 11.9 Å². The number of ether oxygens (including phenoxy) is 1. The summed E-state index contributed by atoms with van der Waals surface area (Å²) in [6, 6.07) is 13.0. The highest BCUT2D eigenvalue weighted by Gasteiger charge is 2.22. The molecule has 0 fully saturated rings. The van der Waals surface area contributed by atoms with Crippen LogP contribution in [0.1, 0.15) is 37.5 Å². The van der Waals surface area contributed by atoms with E-state index >= 15 is 0 Å². The highest BCUT2D eigenvalue weighted by atomic mass is 19.1. The fourth-order valence-electron chi connectivity index (χ4n) is 3.47. The number of pyridine rings is 2. The summed E-state index contributed by atoms with van der Waals surface area (Å²) in [5.74, 6) is -0.450. The number of hydrogen-bond donors (Lipinski definition) is 0. The molecule has 0 saturated carbocycles. The van der Waals surface area contributed by atoms with Crippen molar-refractivity contribution in [3.05, 3.63) is 77.5 Å². The van der Waals surface area contributed by atoms with Crippen molar-refractivity contribution in [2.24, 2.45) is 0 Å². The van der Waals surface area contributed by atoms with Gasteiger partial charge in [0.05, 0.1) is 0 Å². The van der Waals surface area contributed by atoms with E-state index in [1.807, 2.05) is 36.5 Å². The Kier molecular flexibility index (Phi) is 5.31. The van der Waals surface area contributed by atoms with Crippen LogP contribution in [0, 0.1) is 5.95 Å². The molecule has 158 valence electrons. The lowest BCUT2D eigenvalue weighted by Crippen LogP contribution is -2.34. The molecule has 1 aliphatic rings. The van der Waals surface area contributed by atoms with Crippen molar-refractivity contribution >= 4 is 23.6 Å². The van der Waals surface area contributed by atoms with Gasteiger partial charge in [-0.05, 0) is 66.8 Å². The Morgan fingerprint density at radius 1 is 1.06 bits per heavy atom. The van der Waals surface area contributed by atoms with E-state index in [0.717, 1.165) is 17.5 Å². The average Bonchev–Trinajstić information content (AvgIpc) is 3.16. The largest absolute Gasteiger partial charge is 0.443 e. The molecule has 2 heterocycles. The Hall–Kier alpha value is -3.54.